The zero-order valence-corrected chi connectivity index (χ0v) is 17.4. The van der Waals surface area contributed by atoms with Crippen molar-refractivity contribution in [1.82, 2.24) is 15.8 Å². The quantitative estimate of drug-likeness (QED) is 0.518. The van der Waals surface area contributed by atoms with Crippen LogP contribution in [0.2, 0.25) is 5.02 Å². The van der Waals surface area contributed by atoms with Crippen LogP contribution in [-0.4, -0.2) is 22.1 Å². The molecule has 2 aromatic rings. The number of benzene rings is 2. The number of rotatable bonds is 4. The number of amides is 3. The van der Waals surface area contributed by atoms with Crippen LogP contribution < -0.4 is 16.1 Å². The van der Waals surface area contributed by atoms with Crippen molar-refractivity contribution in [1.29, 1.82) is 0 Å². The lowest BCUT2D eigenvalue weighted by atomic mass is 9.87. The number of hydrogen-bond donors (Lipinski definition) is 3. The Morgan fingerprint density at radius 1 is 1.21 bits per heavy atom. The van der Waals surface area contributed by atoms with Crippen LogP contribution in [-0.2, 0) is 10.3 Å². The largest absolute Gasteiger partial charge is 0.344 e. The van der Waals surface area contributed by atoms with E-state index in [-0.39, 0.29) is 5.11 Å². The van der Waals surface area contributed by atoms with Gasteiger partial charge in [0.15, 0.2) is 5.11 Å². The summed E-state index contributed by atoms with van der Waals surface area (Å²) in [5.41, 5.74) is 4.83. The maximum Gasteiger partial charge on any atom is 0.344 e. The van der Waals surface area contributed by atoms with Crippen LogP contribution in [0.4, 0.5) is 10.5 Å². The first-order valence-electron chi connectivity index (χ1n) is 8.85. The fourth-order valence-electron chi connectivity index (χ4n) is 3.36. The molecular formula is C20H21ClN4O2S. The van der Waals surface area contributed by atoms with Crippen molar-refractivity contribution in [2.24, 2.45) is 0 Å². The van der Waals surface area contributed by atoms with Gasteiger partial charge in [0.05, 0.1) is 10.7 Å². The minimum Gasteiger partial charge on any atom is -0.330 e. The van der Waals surface area contributed by atoms with E-state index in [9.17, 15) is 9.59 Å². The Hall–Kier alpha value is -2.64. The fourth-order valence-corrected chi connectivity index (χ4v) is 3.92. The lowest BCUT2D eigenvalue weighted by Gasteiger charge is -2.26. The number of carbonyl (C=O) groups excluding carboxylic acids is 2. The molecule has 0 bridgehead atoms. The van der Waals surface area contributed by atoms with Gasteiger partial charge in [0.2, 0.25) is 0 Å². The minimum absolute atomic E-state index is 0.0947. The monoisotopic (exact) mass is 416 g/mol. The number of aryl methyl sites for hydroxylation is 2. The minimum atomic E-state index is -1.13. The fraction of sp³-hybridized carbons (Fsp3) is 0.250. The number of anilines is 1. The van der Waals surface area contributed by atoms with Gasteiger partial charge >= 0.3 is 6.03 Å². The molecule has 3 rings (SSSR count). The normalized spacial score (nSPS) is 18.8. The summed E-state index contributed by atoms with van der Waals surface area (Å²) in [6.07, 6.45) is 0.406. The van der Waals surface area contributed by atoms with E-state index < -0.39 is 17.5 Å². The molecule has 0 saturated carbocycles. The molecule has 146 valence electrons. The summed E-state index contributed by atoms with van der Waals surface area (Å²) in [7, 11) is 0. The predicted octanol–water partition coefficient (Wildman–Crippen LogP) is 4.02. The van der Waals surface area contributed by atoms with Gasteiger partial charge < -0.3 is 10.6 Å². The number of thiocarbonyl (C=S) groups is 1. The third-order valence-electron chi connectivity index (χ3n) is 4.77. The summed E-state index contributed by atoms with van der Waals surface area (Å²) in [6, 6.07) is 12.4. The second-order valence-corrected chi connectivity index (χ2v) is 7.52. The molecule has 0 unspecified atom stereocenters. The number of nitrogens with zero attached hydrogens (tertiary/aromatic N) is 1. The number of urea groups is 1. The first-order valence-corrected chi connectivity index (χ1v) is 9.63. The van der Waals surface area contributed by atoms with Crippen LogP contribution in [0.3, 0.4) is 0 Å². The molecule has 3 amide bonds. The number of hydrogen-bond acceptors (Lipinski definition) is 3. The van der Waals surface area contributed by atoms with Crippen LogP contribution in [0.1, 0.15) is 30.0 Å². The highest BCUT2D eigenvalue weighted by Crippen LogP contribution is 2.32. The molecule has 0 radical (unpaired) electrons. The molecule has 1 aliphatic rings. The Morgan fingerprint density at radius 2 is 1.89 bits per heavy atom. The van der Waals surface area contributed by atoms with Crippen molar-refractivity contribution >= 4 is 46.6 Å². The zero-order valence-electron chi connectivity index (χ0n) is 15.8. The molecule has 3 N–H and O–H groups in total. The van der Waals surface area contributed by atoms with Crippen molar-refractivity contribution < 1.29 is 9.59 Å². The first-order chi connectivity index (χ1) is 13.3. The molecule has 1 atom stereocenters. The second-order valence-electron chi connectivity index (χ2n) is 6.70. The van der Waals surface area contributed by atoms with E-state index in [1.807, 2.05) is 63.2 Å². The van der Waals surface area contributed by atoms with Gasteiger partial charge in [-0.05, 0) is 55.2 Å². The smallest absolute Gasteiger partial charge is 0.330 e. The summed E-state index contributed by atoms with van der Waals surface area (Å²) in [4.78, 5) is 25.6. The van der Waals surface area contributed by atoms with E-state index in [4.69, 9.17) is 23.8 Å². The van der Waals surface area contributed by atoms with Crippen LogP contribution in [0.25, 0.3) is 0 Å². The van der Waals surface area contributed by atoms with E-state index in [0.717, 1.165) is 21.7 Å². The highest BCUT2D eigenvalue weighted by atomic mass is 35.5. The molecule has 8 heteroatoms. The third-order valence-corrected chi connectivity index (χ3v) is 5.26. The Balaban J connectivity index is 1.80. The van der Waals surface area contributed by atoms with Gasteiger partial charge in [0.25, 0.3) is 5.91 Å². The summed E-state index contributed by atoms with van der Waals surface area (Å²) in [6.45, 7) is 5.69. The molecule has 1 aliphatic heterocycles. The maximum atomic E-state index is 13.1. The summed E-state index contributed by atoms with van der Waals surface area (Å²) >= 11 is 11.6. The van der Waals surface area contributed by atoms with E-state index in [2.05, 4.69) is 16.1 Å². The first kappa shape index (κ1) is 20.1. The highest BCUT2D eigenvalue weighted by molar-refractivity contribution is 7.80. The summed E-state index contributed by atoms with van der Waals surface area (Å²) in [5, 5.41) is 7.27. The lowest BCUT2D eigenvalue weighted by Crippen LogP contribution is -2.49. The van der Waals surface area contributed by atoms with E-state index in [0.29, 0.717) is 17.1 Å². The number of nitrogens with one attached hydrogen (secondary N) is 3. The van der Waals surface area contributed by atoms with Gasteiger partial charge in [0, 0.05) is 0 Å². The molecule has 2 aromatic carbocycles. The average molecular weight is 417 g/mol. The Kier molecular flexibility index (Phi) is 5.58. The maximum absolute atomic E-state index is 13.1. The van der Waals surface area contributed by atoms with Gasteiger partial charge in [-0.25, -0.2) is 4.79 Å². The molecule has 1 saturated heterocycles. The van der Waals surface area contributed by atoms with Crippen LogP contribution in [0.15, 0.2) is 42.5 Å². The van der Waals surface area contributed by atoms with E-state index in [1.54, 1.807) is 0 Å². The zero-order chi connectivity index (χ0) is 20.5. The molecule has 6 nitrogen and oxygen atoms in total. The molecule has 1 fully saturated rings. The van der Waals surface area contributed by atoms with Gasteiger partial charge in [-0.15, -0.1) is 0 Å². The van der Waals surface area contributed by atoms with E-state index in [1.165, 1.54) is 0 Å². The van der Waals surface area contributed by atoms with Gasteiger partial charge in [0.1, 0.15) is 5.54 Å². The number of imide groups is 1. The number of hydrazine groups is 1. The van der Waals surface area contributed by atoms with E-state index >= 15 is 0 Å². The predicted molar refractivity (Wildman–Crippen MR) is 114 cm³/mol. The van der Waals surface area contributed by atoms with Crippen molar-refractivity contribution in [3.63, 3.8) is 0 Å². The van der Waals surface area contributed by atoms with Gasteiger partial charge in [-0.2, -0.15) is 5.01 Å². The second kappa shape index (κ2) is 7.77. The molecule has 0 aromatic heterocycles. The van der Waals surface area contributed by atoms with Crippen molar-refractivity contribution in [3.05, 3.63) is 64.2 Å². The molecule has 0 aliphatic carbocycles. The highest BCUT2D eigenvalue weighted by Gasteiger charge is 2.51. The lowest BCUT2D eigenvalue weighted by molar-refractivity contribution is -0.133. The molecule has 0 spiro atoms. The van der Waals surface area contributed by atoms with Crippen LogP contribution >= 0.6 is 23.8 Å². The third kappa shape index (κ3) is 3.55. The van der Waals surface area contributed by atoms with Crippen molar-refractivity contribution in [3.8, 4) is 0 Å². The SMILES string of the molecule is CC[C@]1(c2ccccc2)NC(=O)N(NC(=S)Nc2c(C)cc(C)cc2Cl)C1=O. The molecular weight excluding hydrogens is 396 g/mol. The number of halogens is 1. The average Bonchev–Trinajstić information content (AvgIpc) is 2.90. The van der Waals surface area contributed by atoms with Gasteiger partial charge in [-0.3, -0.25) is 10.2 Å². The Morgan fingerprint density at radius 3 is 2.50 bits per heavy atom. The summed E-state index contributed by atoms with van der Waals surface area (Å²) < 4.78 is 0. The van der Waals surface area contributed by atoms with Crippen LogP contribution in [0, 0.1) is 13.8 Å². The Bertz CT molecular complexity index is 927. The standard InChI is InChI=1S/C20H21ClN4O2S/c1-4-20(14-8-6-5-7-9-14)17(26)25(19(27)23-20)24-18(28)22-16-13(3)10-12(2)11-15(16)21/h5-11H,4H2,1-3H3,(H,23,27)(H2,22,24,28)/t20-/m1/s1. The molecule has 1 heterocycles. The number of carbonyl (C=O) groups is 2. The van der Waals surface area contributed by atoms with Crippen molar-refractivity contribution in [2.45, 2.75) is 32.7 Å². The topological polar surface area (TPSA) is 73.5 Å². The Labute approximate surface area is 174 Å². The van der Waals surface area contributed by atoms with Crippen LogP contribution in [0.5, 0.6) is 0 Å². The van der Waals surface area contributed by atoms with Crippen molar-refractivity contribution in [2.75, 3.05) is 5.32 Å². The van der Waals surface area contributed by atoms with Gasteiger partial charge in [-0.1, -0.05) is 54.9 Å². The summed E-state index contributed by atoms with van der Waals surface area (Å²) in [5.74, 6) is -0.415. The molecule has 28 heavy (non-hydrogen) atoms.